The van der Waals surface area contributed by atoms with E-state index in [4.69, 9.17) is 0 Å². The molecule has 0 bridgehead atoms. The molecular formula is C14H16N6O. The van der Waals surface area contributed by atoms with Crippen molar-refractivity contribution in [2.45, 2.75) is 27.3 Å². The van der Waals surface area contributed by atoms with Crippen molar-refractivity contribution in [2.24, 2.45) is 0 Å². The van der Waals surface area contributed by atoms with E-state index in [9.17, 15) is 4.79 Å². The number of nitrogens with one attached hydrogen (secondary N) is 2. The summed E-state index contributed by atoms with van der Waals surface area (Å²) >= 11 is 0. The van der Waals surface area contributed by atoms with E-state index in [2.05, 4.69) is 25.6 Å². The van der Waals surface area contributed by atoms with Gasteiger partial charge in [0.25, 0.3) is 5.91 Å². The summed E-state index contributed by atoms with van der Waals surface area (Å²) in [5, 5.41) is 13.9. The molecule has 108 valence electrons. The number of aromatic amines is 1. The van der Waals surface area contributed by atoms with Crippen LogP contribution in [-0.2, 0) is 6.54 Å². The first-order valence-electron chi connectivity index (χ1n) is 6.65. The number of hydrogen-bond donors (Lipinski definition) is 2. The topological polar surface area (TPSA) is 88.0 Å². The van der Waals surface area contributed by atoms with Gasteiger partial charge in [0.05, 0.1) is 12.4 Å². The summed E-state index contributed by atoms with van der Waals surface area (Å²) in [6.07, 6.45) is 3.25. The number of carbonyl (C=O) groups excluding carboxylic acids is 1. The molecule has 3 heterocycles. The van der Waals surface area contributed by atoms with E-state index < -0.39 is 0 Å². The Hall–Kier alpha value is -2.70. The van der Waals surface area contributed by atoms with Gasteiger partial charge in [-0.2, -0.15) is 10.2 Å². The monoisotopic (exact) mass is 284 g/mol. The maximum absolute atomic E-state index is 12.3. The van der Waals surface area contributed by atoms with Gasteiger partial charge in [-0.3, -0.25) is 9.89 Å². The summed E-state index contributed by atoms with van der Waals surface area (Å²) < 4.78 is 1.67. The van der Waals surface area contributed by atoms with Crippen molar-refractivity contribution < 1.29 is 4.79 Å². The third kappa shape index (κ3) is 2.37. The maximum atomic E-state index is 12.3. The first-order chi connectivity index (χ1) is 10.1. The predicted molar refractivity (Wildman–Crippen MR) is 77.0 cm³/mol. The fourth-order valence-electron chi connectivity index (χ4n) is 2.26. The van der Waals surface area contributed by atoms with E-state index in [0.717, 1.165) is 22.6 Å². The summed E-state index contributed by atoms with van der Waals surface area (Å²) in [6, 6.07) is 1.93. The number of carbonyl (C=O) groups is 1. The zero-order valence-corrected chi connectivity index (χ0v) is 12.1. The van der Waals surface area contributed by atoms with Crippen LogP contribution in [0.2, 0.25) is 0 Å². The van der Waals surface area contributed by atoms with Gasteiger partial charge in [-0.15, -0.1) is 0 Å². The molecule has 2 N–H and O–H groups in total. The molecule has 0 saturated heterocycles. The molecule has 0 aromatic carbocycles. The minimum atomic E-state index is -0.192. The lowest BCUT2D eigenvalue weighted by Crippen LogP contribution is -2.23. The highest BCUT2D eigenvalue weighted by atomic mass is 16.1. The largest absolute Gasteiger partial charge is 0.348 e. The first-order valence-corrected chi connectivity index (χ1v) is 6.65. The van der Waals surface area contributed by atoms with Crippen molar-refractivity contribution in [1.82, 2.24) is 30.1 Å². The van der Waals surface area contributed by atoms with Crippen molar-refractivity contribution in [3.05, 3.63) is 46.7 Å². The second-order valence-electron chi connectivity index (χ2n) is 5.04. The summed E-state index contributed by atoms with van der Waals surface area (Å²) in [4.78, 5) is 16.7. The van der Waals surface area contributed by atoms with Crippen LogP contribution >= 0.6 is 0 Å². The zero-order chi connectivity index (χ0) is 15.0. The number of aryl methyl sites for hydroxylation is 3. The standard InChI is InChI=1S/C14H16N6O/c1-8-4-9(2)20-13(18-8)12(7-17-20)14(21)15-5-11-6-16-19-10(11)3/h4,6-7H,5H2,1-3H3,(H,15,21)(H,16,19). The number of hydrogen-bond acceptors (Lipinski definition) is 4. The third-order valence-electron chi connectivity index (χ3n) is 3.40. The van der Waals surface area contributed by atoms with Crippen LogP contribution in [-0.4, -0.2) is 30.7 Å². The van der Waals surface area contributed by atoms with Gasteiger partial charge < -0.3 is 5.32 Å². The molecule has 7 heteroatoms. The lowest BCUT2D eigenvalue weighted by molar-refractivity contribution is 0.0952. The Balaban J connectivity index is 1.86. The Bertz CT molecular complexity index is 816. The number of H-pyrrole nitrogens is 1. The van der Waals surface area contributed by atoms with Gasteiger partial charge in [-0.05, 0) is 26.8 Å². The van der Waals surface area contributed by atoms with E-state index >= 15 is 0 Å². The Morgan fingerprint density at radius 3 is 2.86 bits per heavy atom. The molecule has 21 heavy (non-hydrogen) atoms. The second kappa shape index (κ2) is 5.01. The van der Waals surface area contributed by atoms with E-state index in [-0.39, 0.29) is 5.91 Å². The van der Waals surface area contributed by atoms with Crippen LogP contribution in [0.4, 0.5) is 0 Å². The molecule has 0 spiro atoms. The van der Waals surface area contributed by atoms with Crippen molar-refractivity contribution >= 4 is 11.6 Å². The SMILES string of the molecule is Cc1cc(C)n2ncc(C(=O)NCc3cn[nH]c3C)c2n1. The van der Waals surface area contributed by atoms with E-state index in [0.29, 0.717) is 17.8 Å². The molecule has 7 nitrogen and oxygen atoms in total. The molecule has 0 unspecified atom stereocenters. The molecule has 0 saturated carbocycles. The third-order valence-corrected chi connectivity index (χ3v) is 3.40. The van der Waals surface area contributed by atoms with Crippen LogP contribution in [0.5, 0.6) is 0 Å². The summed E-state index contributed by atoms with van der Waals surface area (Å²) in [7, 11) is 0. The number of amides is 1. The maximum Gasteiger partial charge on any atom is 0.257 e. The van der Waals surface area contributed by atoms with Crippen molar-refractivity contribution in [3.63, 3.8) is 0 Å². The van der Waals surface area contributed by atoms with E-state index in [1.54, 1.807) is 16.9 Å². The Labute approximate surface area is 121 Å². The van der Waals surface area contributed by atoms with Crippen LogP contribution < -0.4 is 5.32 Å². The minimum absolute atomic E-state index is 0.192. The summed E-state index contributed by atoms with van der Waals surface area (Å²) in [6.45, 7) is 6.17. The highest BCUT2D eigenvalue weighted by Gasteiger charge is 2.15. The molecule has 3 rings (SSSR count). The first kappa shape index (κ1) is 13.3. The summed E-state index contributed by atoms with van der Waals surface area (Å²) in [5.74, 6) is -0.192. The number of aromatic nitrogens is 5. The predicted octanol–water partition coefficient (Wildman–Crippen LogP) is 1.31. The average molecular weight is 284 g/mol. The molecule has 3 aromatic rings. The molecular weight excluding hydrogens is 268 g/mol. The number of nitrogens with zero attached hydrogens (tertiary/aromatic N) is 4. The number of fused-ring (bicyclic) bond motifs is 1. The highest BCUT2D eigenvalue weighted by molar-refractivity contribution is 5.99. The molecule has 0 aliphatic heterocycles. The van der Waals surface area contributed by atoms with Gasteiger partial charge in [0.15, 0.2) is 5.65 Å². The Morgan fingerprint density at radius 1 is 1.33 bits per heavy atom. The van der Waals surface area contributed by atoms with Crippen molar-refractivity contribution in [1.29, 1.82) is 0 Å². The van der Waals surface area contributed by atoms with E-state index in [1.807, 2.05) is 26.8 Å². The van der Waals surface area contributed by atoms with Crippen molar-refractivity contribution in [2.75, 3.05) is 0 Å². The summed E-state index contributed by atoms with van der Waals surface area (Å²) in [5.41, 5.74) is 4.76. The fraction of sp³-hybridized carbons (Fsp3) is 0.286. The molecule has 0 radical (unpaired) electrons. The van der Waals surface area contributed by atoms with Gasteiger partial charge in [0.2, 0.25) is 0 Å². The fourth-order valence-corrected chi connectivity index (χ4v) is 2.26. The van der Waals surface area contributed by atoms with Gasteiger partial charge >= 0.3 is 0 Å². The Kier molecular flexibility index (Phi) is 3.17. The average Bonchev–Trinajstić information content (AvgIpc) is 3.02. The van der Waals surface area contributed by atoms with Crippen LogP contribution in [0, 0.1) is 20.8 Å². The van der Waals surface area contributed by atoms with E-state index in [1.165, 1.54) is 0 Å². The van der Waals surface area contributed by atoms with Crippen LogP contribution in [0.25, 0.3) is 5.65 Å². The van der Waals surface area contributed by atoms with Gasteiger partial charge in [0.1, 0.15) is 5.56 Å². The zero-order valence-electron chi connectivity index (χ0n) is 12.1. The second-order valence-corrected chi connectivity index (χ2v) is 5.04. The lowest BCUT2D eigenvalue weighted by atomic mass is 10.2. The molecule has 0 fully saturated rings. The van der Waals surface area contributed by atoms with Gasteiger partial charge in [-0.1, -0.05) is 0 Å². The highest BCUT2D eigenvalue weighted by Crippen LogP contribution is 2.12. The Morgan fingerprint density at radius 2 is 2.14 bits per heavy atom. The van der Waals surface area contributed by atoms with Crippen LogP contribution in [0.3, 0.4) is 0 Å². The molecule has 0 aliphatic rings. The van der Waals surface area contributed by atoms with Crippen LogP contribution in [0.15, 0.2) is 18.5 Å². The molecule has 1 amide bonds. The quantitative estimate of drug-likeness (QED) is 0.759. The number of rotatable bonds is 3. The minimum Gasteiger partial charge on any atom is -0.348 e. The normalized spacial score (nSPS) is 11.0. The van der Waals surface area contributed by atoms with Crippen molar-refractivity contribution in [3.8, 4) is 0 Å². The van der Waals surface area contributed by atoms with Crippen LogP contribution in [0.1, 0.15) is 33.0 Å². The van der Waals surface area contributed by atoms with Gasteiger partial charge in [-0.25, -0.2) is 9.50 Å². The van der Waals surface area contributed by atoms with Gasteiger partial charge in [0, 0.05) is 29.2 Å². The molecule has 0 aliphatic carbocycles. The molecule has 3 aromatic heterocycles. The smallest absolute Gasteiger partial charge is 0.257 e. The lowest BCUT2D eigenvalue weighted by Gasteiger charge is -2.04. The molecule has 0 atom stereocenters.